The van der Waals surface area contributed by atoms with Crippen LogP contribution < -0.4 is 5.32 Å². The van der Waals surface area contributed by atoms with Crippen molar-refractivity contribution in [2.45, 2.75) is 33.1 Å². The van der Waals surface area contributed by atoms with Crippen molar-refractivity contribution in [3.63, 3.8) is 0 Å². The van der Waals surface area contributed by atoms with E-state index < -0.39 is 0 Å². The molecule has 0 spiro atoms. The molecular weight excluding hydrogens is 513 g/mol. The quantitative estimate of drug-likeness (QED) is 0.497. The zero-order chi connectivity index (χ0) is 15.6. The predicted molar refractivity (Wildman–Crippen MR) is 101 cm³/mol. The summed E-state index contributed by atoms with van der Waals surface area (Å²) in [5.41, 5.74) is 1.03. The fourth-order valence-corrected chi connectivity index (χ4v) is 3.41. The third kappa shape index (κ3) is 3.98. The average Bonchev–Trinajstić information content (AvgIpc) is 2.77. The summed E-state index contributed by atoms with van der Waals surface area (Å²) >= 11 is 9.08. The zero-order valence-corrected chi connectivity index (χ0v) is 17.3. The highest BCUT2D eigenvalue weighted by molar-refractivity contribution is 14.1. The van der Waals surface area contributed by atoms with Crippen LogP contribution in [0.25, 0.3) is 11.6 Å². The van der Waals surface area contributed by atoms with Crippen LogP contribution in [-0.4, -0.2) is 16.5 Å². The molecule has 0 bridgehead atoms. The summed E-state index contributed by atoms with van der Waals surface area (Å²) in [6, 6.07) is 1.87. The number of halogens is 3. The molecule has 2 rings (SSSR count). The lowest BCUT2D eigenvalue weighted by molar-refractivity contribution is 0.548. The molecule has 0 aromatic carbocycles. The van der Waals surface area contributed by atoms with Gasteiger partial charge < -0.3 is 9.73 Å². The van der Waals surface area contributed by atoms with E-state index in [1.807, 2.05) is 6.07 Å². The third-order valence-corrected chi connectivity index (χ3v) is 5.61. The van der Waals surface area contributed by atoms with E-state index in [1.54, 1.807) is 0 Å². The smallest absolute Gasteiger partial charge is 0.198 e. The van der Waals surface area contributed by atoms with E-state index in [2.05, 4.69) is 90.5 Å². The van der Waals surface area contributed by atoms with Gasteiger partial charge in [-0.15, -0.1) is 0 Å². The minimum atomic E-state index is 0.322. The van der Waals surface area contributed by atoms with Gasteiger partial charge in [-0.1, -0.05) is 20.8 Å². The second-order valence-corrected chi connectivity index (χ2v) is 7.56. The summed E-state index contributed by atoms with van der Waals surface area (Å²) in [6.45, 7) is 7.28. The molecule has 0 saturated carbocycles. The van der Waals surface area contributed by atoms with Crippen LogP contribution in [0.2, 0.25) is 0 Å². The standard InChI is InChI=1S/C14H16Br2IN3O/c1-4-5-18-14-10(17)11(7(2)3)19-13(20-14)9-6-8(15)12(16)21-9/h6-7H,4-5H2,1-3H3,(H,18,19,20). The van der Waals surface area contributed by atoms with Gasteiger partial charge in [-0.3, -0.25) is 0 Å². The van der Waals surface area contributed by atoms with E-state index in [0.29, 0.717) is 22.2 Å². The van der Waals surface area contributed by atoms with Crippen LogP contribution in [-0.2, 0) is 0 Å². The lowest BCUT2D eigenvalue weighted by Crippen LogP contribution is -2.09. The zero-order valence-electron chi connectivity index (χ0n) is 12.0. The number of anilines is 1. The Morgan fingerprint density at radius 2 is 2.05 bits per heavy atom. The molecular formula is C14H16Br2IN3O. The van der Waals surface area contributed by atoms with Crippen molar-refractivity contribution in [2.75, 3.05) is 11.9 Å². The number of furan rings is 1. The van der Waals surface area contributed by atoms with Crippen molar-refractivity contribution in [1.29, 1.82) is 0 Å². The fraction of sp³-hybridized carbons (Fsp3) is 0.429. The Morgan fingerprint density at radius 1 is 1.33 bits per heavy atom. The van der Waals surface area contributed by atoms with Crippen molar-refractivity contribution in [3.05, 3.63) is 24.5 Å². The monoisotopic (exact) mass is 527 g/mol. The normalized spacial score (nSPS) is 11.2. The van der Waals surface area contributed by atoms with E-state index in [-0.39, 0.29) is 0 Å². The molecule has 2 heterocycles. The van der Waals surface area contributed by atoms with Gasteiger partial charge in [0.2, 0.25) is 0 Å². The van der Waals surface area contributed by atoms with Gasteiger partial charge in [0.15, 0.2) is 16.3 Å². The van der Waals surface area contributed by atoms with Crippen molar-refractivity contribution >= 4 is 60.3 Å². The van der Waals surface area contributed by atoms with E-state index in [1.165, 1.54) is 0 Å². The summed E-state index contributed by atoms with van der Waals surface area (Å²) in [5.74, 6) is 2.44. The van der Waals surface area contributed by atoms with Crippen molar-refractivity contribution < 1.29 is 4.42 Å². The number of aromatic nitrogens is 2. The second-order valence-electron chi connectivity index (χ2n) is 4.91. The lowest BCUT2D eigenvalue weighted by atomic mass is 10.1. The molecule has 2 aromatic rings. The fourth-order valence-electron chi connectivity index (χ4n) is 1.77. The molecule has 0 aliphatic heterocycles. The first-order chi connectivity index (χ1) is 9.93. The van der Waals surface area contributed by atoms with E-state index in [0.717, 1.165) is 32.5 Å². The Balaban J connectivity index is 2.52. The second kappa shape index (κ2) is 7.41. The molecule has 0 fully saturated rings. The molecule has 0 amide bonds. The molecule has 0 aliphatic rings. The third-order valence-electron chi connectivity index (χ3n) is 2.83. The van der Waals surface area contributed by atoms with Gasteiger partial charge in [0.25, 0.3) is 0 Å². The first-order valence-electron chi connectivity index (χ1n) is 6.70. The molecule has 2 aromatic heterocycles. The number of hydrogen-bond acceptors (Lipinski definition) is 4. The highest BCUT2D eigenvalue weighted by atomic mass is 127. The van der Waals surface area contributed by atoms with Crippen LogP contribution in [0, 0.1) is 3.57 Å². The maximum atomic E-state index is 5.65. The first kappa shape index (κ1) is 17.2. The van der Waals surface area contributed by atoms with Gasteiger partial charge >= 0.3 is 0 Å². The Bertz CT molecular complexity index is 624. The van der Waals surface area contributed by atoms with Gasteiger partial charge in [0.05, 0.1) is 13.7 Å². The summed E-state index contributed by atoms with van der Waals surface area (Å²) in [7, 11) is 0. The lowest BCUT2D eigenvalue weighted by Gasteiger charge is -2.14. The van der Waals surface area contributed by atoms with Gasteiger partial charge in [-0.2, -0.15) is 0 Å². The molecule has 1 N–H and O–H groups in total. The van der Waals surface area contributed by atoms with Crippen molar-refractivity contribution in [2.24, 2.45) is 0 Å². The Labute approximate surface area is 154 Å². The maximum absolute atomic E-state index is 5.65. The summed E-state index contributed by atoms with van der Waals surface area (Å²) in [5, 5.41) is 3.37. The largest absolute Gasteiger partial charge is 0.445 e. The number of hydrogen-bond donors (Lipinski definition) is 1. The number of rotatable bonds is 5. The van der Waals surface area contributed by atoms with Crippen LogP contribution in [0.5, 0.6) is 0 Å². The molecule has 7 heteroatoms. The van der Waals surface area contributed by atoms with Crippen LogP contribution in [0.3, 0.4) is 0 Å². The number of nitrogens with one attached hydrogen (secondary N) is 1. The highest BCUT2D eigenvalue weighted by Crippen LogP contribution is 2.34. The van der Waals surface area contributed by atoms with Gasteiger partial charge in [-0.25, -0.2) is 9.97 Å². The van der Waals surface area contributed by atoms with Gasteiger partial charge in [0, 0.05) is 12.6 Å². The summed E-state index contributed by atoms with van der Waals surface area (Å²) in [4.78, 5) is 9.28. The van der Waals surface area contributed by atoms with E-state index in [9.17, 15) is 0 Å². The summed E-state index contributed by atoms with van der Waals surface area (Å²) < 4.78 is 8.23. The Hall–Kier alpha value is -0.150. The Morgan fingerprint density at radius 3 is 2.57 bits per heavy atom. The molecule has 4 nitrogen and oxygen atoms in total. The topological polar surface area (TPSA) is 51.0 Å². The predicted octanol–water partition coefficient (Wildman–Crippen LogP) is 5.81. The van der Waals surface area contributed by atoms with Crippen LogP contribution >= 0.6 is 54.5 Å². The van der Waals surface area contributed by atoms with Crippen LogP contribution in [0.15, 0.2) is 19.6 Å². The minimum Gasteiger partial charge on any atom is -0.445 e. The van der Waals surface area contributed by atoms with Gasteiger partial charge in [0.1, 0.15) is 5.82 Å². The average molecular weight is 529 g/mol. The Kier molecular flexibility index (Phi) is 6.07. The molecule has 0 aliphatic carbocycles. The molecule has 0 radical (unpaired) electrons. The van der Waals surface area contributed by atoms with Crippen LogP contribution in [0.4, 0.5) is 5.82 Å². The van der Waals surface area contributed by atoms with Crippen molar-refractivity contribution in [1.82, 2.24) is 9.97 Å². The first-order valence-corrected chi connectivity index (χ1v) is 9.37. The SMILES string of the molecule is CCCNc1nc(-c2cc(Br)c(Br)o2)nc(C(C)C)c1I. The van der Waals surface area contributed by atoms with E-state index >= 15 is 0 Å². The molecule has 0 unspecified atom stereocenters. The summed E-state index contributed by atoms with van der Waals surface area (Å²) in [6.07, 6.45) is 1.05. The van der Waals surface area contributed by atoms with Gasteiger partial charge in [-0.05, 0) is 66.8 Å². The molecule has 114 valence electrons. The molecule has 0 saturated heterocycles. The molecule has 21 heavy (non-hydrogen) atoms. The minimum absolute atomic E-state index is 0.322. The van der Waals surface area contributed by atoms with Crippen molar-refractivity contribution in [3.8, 4) is 11.6 Å². The molecule has 0 atom stereocenters. The van der Waals surface area contributed by atoms with Crippen LogP contribution in [0.1, 0.15) is 38.8 Å². The number of nitrogens with zero attached hydrogens (tertiary/aromatic N) is 2. The van der Waals surface area contributed by atoms with E-state index in [4.69, 9.17) is 4.42 Å². The maximum Gasteiger partial charge on any atom is 0.198 e. The highest BCUT2D eigenvalue weighted by Gasteiger charge is 2.18.